The van der Waals surface area contributed by atoms with Crippen molar-refractivity contribution in [2.75, 3.05) is 13.6 Å². The minimum absolute atomic E-state index is 0.101. The molecule has 0 saturated heterocycles. The smallest absolute Gasteiger partial charge is 0.343 e. The standard InChI is InChI=1S/C16H19F3N4O2/c1-10(15-21-11(2)22-25-15)23(3)8-12-4-6-13(7-5-12)14(24)20-9-16(17,18)19/h4-7,10H,8-9H2,1-3H3,(H,20,24)/t10-/m0/s1. The number of aryl methyl sites for hydroxylation is 1. The van der Waals surface area contributed by atoms with E-state index in [9.17, 15) is 18.0 Å². The molecule has 1 aromatic carbocycles. The topological polar surface area (TPSA) is 71.3 Å². The Hall–Kier alpha value is -2.42. The minimum atomic E-state index is -4.43. The molecule has 1 atom stereocenters. The fourth-order valence-electron chi connectivity index (χ4n) is 2.14. The second kappa shape index (κ2) is 7.64. The highest BCUT2D eigenvalue weighted by Gasteiger charge is 2.27. The van der Waals surface area contributed by atoms with Crippen molar-refractivity contribution < 1.29 is 22.5 Å². The van der Waals surface area contributed by atoms with Crippen LogP contribution in [-0.2, 0) is 6.54 Å². The highest BCUT2D eigenvalue weighted by Crippen LogP contribution is 2.19. The zero-order valence-corrected chi connectivity index (χ0v) is 14.1. The molecule has 0 aliphatic heterocycles. The Bertz CT molecular complexity index is 713. The molecule has 0 saturated carbocycles. The predicted octanol–water partition coefficient (Wildman–Crippen LogP) is 2.86. The van der Waals surface area contributed by atoms with Crippen LogP contribution in [0.4, 0.5) is 13.2 Å². The lowest BCUT2D eigenvalue weighted by atomic mass is 10.1. The Labute approximate surface area is 143 Å². The van der Waals surface area contributed by atoms with E-state index >= 15 is 0 Å². The number of benzene rings is 1. The van der Waals surface area contributed by atoms with E-state index in [0.29, 0.717) is 18.3 Å². The number of carbonyl (C=O) groups excluding carboxylic acids is 1. The molecule has 25 heavy (non-hydrogen) atoms. The third kappa shape index (κ3) is 5.56. The van der Waals surface area contributed by atoms with E-state index in [1.54, 1.807) is 19.1 Å². The van der Waals surface area contributed by atoms with Crippen molar-refractivity contribution in [3.05, 3.63) is 47.1 Å². The van der Waals surface area contributed by atoms with Gasteiger partial charge < -0.3 is 9.84 Å². The number of rotatable bonds is 6. The number of hydrogen-bond acceptors (Lipinski definition) is 5. The number of hydrogen-bond donors (Lipinski definition) is 1. The molecule has 0 spiro atoms. The van der Waals surface area contributed by atoms with Gasteiger partial charge in [-0.25, -0.2) is 0 Å². The van der Waals surface area contributed by atoms with Gasteiger partial charge in [0, 0.05) is 12.1 Å². The first kappa shape index (κ1) is 18.9. The van der Waals surface area contributed by atoms with Crippen LogP contribution in [0.5, 0.6) is 0 Å². The molecular weight excluding hydrogens is 337 g/mol. The predicted molar refractivity (Wildman–Crippen MR) is 83.7 cm³/mol. The molecule has 0 aliphatic carbocycles. The number of halogens is 3. The van der Waals surface area contributed by atoms with Gasteiger partial charge in [0.1, 0.15) is 6.54 Å². The molecule has 6 nitrogen and oxygen atoms in total. The lowest BCUT2D eigenvalue weighted by molar-refractivity contribution is -0.123. The number of nitrogens with zero attached hydrogens (tertiary/aromatic N) is 3. The minimum Gasteiger partial charge on any atom is -0.343 e. The Kier molecular flexibility index (Phi) is 5.78. The van der Waals surface area contributed by atoms with Crippen LogP contribution < -0.4 is 5.32 Å². The average molecular weight is 356 g/mol. The summed E-state index contributed by atoms with van der Waals surface area (Å²) in [6.45, 7) is 2.86. The van der Waals surface area contributed by atoms with Crippen molar-refractivity contribution in [3.8, 4) is 0 Å². The fourth-order valence-corrected chi connectivity index (χ4v) is 2.14. The van der Waals surface area contributed by atoms with E-state index in [1.807, 2.05) is 24.2 Å². The Balaban J connectivity index is 1.94. The second-order valence-corrected chi connectivity index (χ2v) is 5.77. The molecule has 0 unspecified atom stereocenters. The molecule has 0 aliphatic rings. The molecule has 0 bridgehead atoms. The molecule has 9 heteroatoms. The highest BCUT2D eigenvalue weighted by atomic mass is 19.4. The van der Waals surface area contributed by atoms with E-state index in [2.05, 4.69) is 10.1 Å². The van der Waals surface area contributed by atoms with Gasteiger partial charge in [0.2, 0.25) is 5.89 Å². The van der Waals surface area contributed by atoms with Crippen LogP contribution in [0.3, 0.4) is 0 Å². The summed E-state index contributed by atoms with van der Waals surface area (Å²) >= 11 is 0. The Morgan fingerprint density at radius 3 is 2.48 bits per heavy atom. The van der Waals surface area contributed by atoms with Gasteiger partial charge >= 0.3 is 6.18 Å². The van der Waals surface area contributed by atoms with Gasteiger partial charge in [-0.15, -0.1) is 0 Å². The fraction of sp³-hybridized carbons (Fsp3) is 0.438. The van der Waals surface area contributed by atoms with Crippen molar-refractivity contribution in [1.82, 2.24) is 20.4 Å². The maximum absolute atomic E-state index is 12.1. The van der Waals surface area contributed by atoms with Crippen molar-refractivity contribution in [1.29, 1.82) is 0 Å². The van der Waals surface area contributed by atoms with E-state index in [4.69, 9.17) is 4.52 Å². The Morgan fingerprint density at radius 2 is 1.96 bits per heavy atom. The summed E-state index contributed by atoms with van der Waals surface area (Å²) in [6, 6.07) is 6.29. The summed E-state index contributed by atoms with van der Waals surface area (Å²) in [6.07, 6.45) is -4.43. The molecule has 136 valence electrons. The monoisotopic (exact) mass is 356 g/mol. The number of carbonyl (C=O) groups is 1. The molecule has 0 radical (unpaired) electrons. The van der Waals surface area contributed by atoms with Gasteiger partial charge in [-0.3, -0.25) is 9.69 Å². The van der Waals surface area contributed by atoms with Gasteiger partial charge in [-0.1, -0.05) is 17.3 Å². The largest absolute Gasteiger partial charge is 0.405 e. The van der Waals surface area contributed by atoms with E-state index in [0.717, 1.165) is 5.56 Å². The van der Waals surface area contributed by atoms with Crippen LogP contribution in [0, 0.1) is 6.92 Å². The van der Waals surface area contributed by atoms with E-state index < -0.39 is 18.6 Å². The van der Waals surface area contributed by atoms with Crippen molar-refractivity contribution in [2.24, 2.45) is 0 Å². The molecule has 1 heterocycles. The van der Waals surface area contributed by atoms with Crippen LogP contribution in [0.1, 0.15) is 40.6 Å². The molecule has 0 fully saturated rings. The number of nitrogens with one attached hydrogen (secondary N) is 1. The van der Waals surface area contributed by atoms with Gasteiger partial charge in [0.15, 0.2) is 5.82 Å². The summed E-state index contributed by atoms with van der Waals surface area (Å²) in [4.78, 5) is 17.8. The van der Waals surface area contributed by atoms with Gasteiger partial charge in [-0.05, 0) is 38.6 Å². The number of aromatic nitrogens is 2. The zero-order valence-electron chi connectivity index (χ0n) is 14.1. The molecule has 2 rings (SSSR count). The average Bonchev–Trinajstić information content (AvgIpc) is 2.98. The van der Waals surface area contributed by atoms with Crippen molar-refractivity contribution in [2.45, 2.75) is 32.6 Å². The van der Waals surface area contributed by atoms with Gasteiger partial charge in [0.25, 0.3) is 5.91 Å². The second-order valence-electron chi connectivity index (χ2n) is 5.77. The summed E-state index contributed by atoms with van der Waals surface area (Å²) in [7, 11) is 1.88. The SMILES string of the molecule is Cc1noc([C@H](C)N(C)Cc2ccc(C(=O)NCC(F)(F)F)cc2)n1. The lowest BCUT2D eigenvalue weighted by Gasteiger charge is -2.21. The van der Waals surface area contributed by atoms with Crippen molar-refractivity contribution >= 4 is 5.91 Å². The van der Waals surface area contributed by atoms with Crippen molar-refractivity contribution in [3.63, 3.8) is 0 Å². The van der Waals surface area contributed by atoms with Crippen LogP contribution >= 0.6 is 0 Å². The van der Waals surface area contributed by atoms with Gasteiger partial charge in [0.05, 0.1) is 6.04 Å². The maximum Gasteiger partial charge on any atom is 0.405 e. The lowest BCUT2D eigenvalue weighted by Crippen LogP contribution is -2.33. The number of alkyl halides is 3. The molecule has 2 aromatic rings. The maximum atomic E-state index is 12.1. The first-order valence-electron chi connectivity index (χ1n) is 7.60. The molecular formula is C16H19F3N4O2. The van der Waals surface area contributed by atoms with Crippen LogP contribution in [0.25, 0.3) is 0 Å². The highest BCUT2D eigenvalue weighted by molar-refractivity contribution is 5.94. The third-order valence-electron chi connectivity index (χ3n) is 3.66. The van der Waals surface area contributed by atoms with Crippen LogP contribution in [-0.4, -0.2) is 40.7 Å². The van der Waals surface area contributed by atoms with E-state index in [1.165, 1.54) is 12.1 Å². The summed E-state index contributed by atoms with van der Waals surface area (Å²) in [5.41, 5.74) is 1.08. The van der Waals surface area contributed by atoms with E-state index in [-0.39, 0.29) is 11.6 Å². The number of amides is 1. The first-order chi connectivity index (χ1) is 11.7. The molecule has 1 N–H and O–H groups in total. The first-order valence-corrected chi connectivity index (χ1v) is 7.60. The van der Waals surface area contributed by atoms with Crippen LogP contribution in [0.15, 0.2) is 28.8 Å². The van der Waals surface area contributed by atoms with Crippen LogP contribution in [0.2, 0.25) is 0 Å². The summed E-state index contributed by atoms with van der Waals surface area (Å²) < 4.78 is 41.5. The normalized spacial score (nSPS) is 13.1. The summed E-state index contributed by atoms with van der Waals surface area (Å²) in [5.74, 6) is 0.305. The molecule has 1 aromatic heterocycles. The van der Waals surface area contributed by atoms with Gasteiger partial charge in [-0.2, -0.15) is 18.2 Å². The third-order valence-corrected chi connectivity index (χ3v) is 3.66. The summed E-state index contributed by atoms with van der Waals surface area (Å²) in [5, 5.41) is 5.59. The quantitative estimate of drug-likeness (QED) is 0.862. The Morgan fingerprint density at radius 1 is 1.32 bits per heavy atom. The zero-order chi connectivity index (χ0) is 18.6. The molecule has 1 amide bonds.